The van der Waals surface area contributed by atoms with Gasteiger partial charge < -0.3 is 9.47 Å². The van der Waals surface area contributed by atoms with E-state index in [1.165, 1.54) is 26.4 Å². The Bertz CT molecular complexity index is 698. The maximum atomic E-state index is 14.1. The largest absolute Gasteiger partial charge is 0.493 e. The van der Waals surface area contributed by atoms with Gasteiger partial charge in [-0.05, 0) is 30.7 Å². The molecule has 0 heterocycles. The summed E-state index contributed by atoms with van der Waals surface area (Å²) >= 11 is 5.90. The quantitative estimate of drug-likeness (QED) is 0.800. The van der Waals surface area contributed by atoms with E-state index >= 15 is 0 Å². The lowest BCUT2D eigenvalue weighted by molar-refractivity contribution is 0.103. The molecule has 0 fully saturated rings. The van der Waals surface area contributed by atoms with Crippen molar-refractivity contribution >= 4 is 17.4 Å². The molecule has 21 heavy (non-hydrogen) atoms. The zero-order chi connectivity index (χ0) is 15.6. The molecule has 0 unspecified atom stereocenters. The second-order valence-electron chi connectivity index (χ2n) is 4.48. The molecular weight excluding hydrogens is 295 g/mol. The van der Waals surface area contributed by atoms with E-state index in [9.17, 15) is 9.18 Å². The number of carbonyl (C=O) groups excluding carboxylic acids is 1. The predicted octanol–water partition coefficient (Wildman–Crippen LogP) is 4.04. The predicted molar refractivity (Wildman–Crippen MR) is 79.1 cm³/mol. The minimum absolute atomic E-state index is 0.0852. The molecule has 0 saturated heterocycles. The van der Waals surface area contributed by atoms with Crippen LogP contribution in [0.2, 0.25) is 5.02 Å². The molecule has 0 N–H and O–H groups in total. The molecular formula is C16H14ClFO3. The fraction of sp³-hybridized carbons (Fsp3) is 0.188. The molecule has 0 amide bonds. The molecule has 0 aliphatic rings. The van der Waals surface area contributed by atoms with Gasteiger partial charge in [0.2, 0.25) is 0 Å². The normalized spacial score (nSPS) is 10.3. The average molecular weight is 309 g/mol. The van der Waals surface area contributed by atoms with Crippen molar-refractivity contribution in [3.63, 3.8) is 0 Å². The van der Waals surface area contributed by atoms with E-state index in [-0.39, 0.29) is 11.3 Å². The van der Waals surface area contributed by atoms with Crippen LogP contribution in [0.4, 0.5) is 4.39 Å². The molecule has 0 aliphatic heterocycles. The SMILES string of the molecule is COc1cc(F)c(C(=O)c2cc(Cl)ccc2C)cc1OC. The van der Waals surface area contributed by atoms with Crippen molar-refractivity contribution in [3.8, 4) is 11.5 Å². The highest BCUT2D eigenvalue weighted by atomic mass is 35.5. The first kappa shape index (κ1) is 15.3. The van der Waals surface area contributed by atoms with Crippen LogP contribution in [-0.2, 0) is 0 Å². The number of hydrogen-bond acceptors (Lipinski definition) is 3. The fourth-order valence-electron chi connectivity index (χ4n) is 2.01. The summed E-state index contributed by atoms with van der Waals surface area (Å²) < 4.78 is 24.2. The highest BCUT2D eigenvalue weighted by Crippen LogP contribution is 2.31. The summed E-state index contributed by atoms with van der Waals surface area (Å²) in [4.78, 5) is 12.5. The number of halogens is 2. The summed E-state index contributed by atoms with van der Waals surface area (Å²) in [6.45, 7) is 1.77. The minimum atomic E-state index is -0.669. The van der Waals surface area contributed by atoms with Crippen LogP contribution in [0.3, 0.4) is 0 Å². The minimum Gasteiger partial charge on any atom is -0.493 e. The maximum absolute atomic E-state index is 14.1. The second kappa shape index (κ2) is 6.14. The topological polar surface area (TPSA) is 35.5 Å². The van der Waals surface area contributed by atoms with E-state index in [1.807, 2.05) is 0 Å². The van der Waals surface area contributed by atoms with Gasteiger partial charge in [-0.25, -0.2) is 4.39 Å². The molecule has 0 radical (unpaired) electrons. The van der Waals surface area contributed by atoms with Gasteiger partial charge in [0.05, 0.1) is 19.8 Å². The smallest absolute Gasteiger partial charge is 0.196 e. The van der Waals surface area contributed by atoms with Gasteiger partial charge in [-0.3, -0.25) is 4.79 Å². The van der Waals surface area contributed by atoms with Crippen LogP contribution in [0, 0.1) is 12.7 Å². The summed E-state index contributed by atoms with van der Waals surface area (Å²) in [5.74, 6) is -0.596. The number of rotatable bonds is 4. The molecule has 0 atom stereocenters. The first-order chi connectivity index (χ1) is 9.97. The Labute approximate surface area is 127 Å². The standard InChI is InChI=1S/C16H14ClFO3/c1-9-4-5-10(17)6-11(9)16(19)12-7-14(20-2)15(21-3)8-13(12)18/h4-8H,1-3H3. The van der Waals surface area contributed by atoms with E-state index in [0.717, 1.165) is 11.6 Å². The Kier molecular flexibility index (Phi) is 4.48. The Morgan fingerprint density at radius 1 is 1.05 bits per heavy atom. The summed E-state index contributed by atoms with van der Waals surface area (Å²) in [7, 11) is 2.83. The van der Waals surface area contributed by atoms with E-state index in [4.69, 9.17) is 21.1 Å². The summed E-state index contributed by atoms with van der Waals surface area (Å²) in [6, 6.07) is 7.38. The Morgan fingerprint density at radius 2 is 1.67 bits per heavy atom. The number of aryl methyl sites for hydroxylation is 1. The van der Waals surface area contributed by atoms with Crippen LogP contribution < -0.4 is 9.47 Å². The van der Waals surface area contributed by atoms with Crippen molar-refractivity contribution in [2.45, 2.75) is 6.92 Å². The molecule has 0 saturated carbocycles. The molecule has 2 aromatic rings. The van der Waals surface area contributed by atoms with E-state index < -0.39 is 11.6 Å². The zero-order valence-corrected chi connectivity index (χ0v) is 12.6. The number of benzene rings is 2. The van der Waals surface area contributed by atoms with Crippen LogP contribution in [0.1, 0.15) is 21.5 Å². The lowest BCUT2D eigenvalue weighted by Gasteiger charge is -2.11. The van der Waals surface area contributed by atoms with Crippen molar-refractivity contribution in [1.82, 2.24) is 0 Å². The van der Waals surface area contributed by atoms with Gasteiger partial charge in [0.15, 0.2) is 17.3 Å². The van der Waals surface area contributed by atoms with Crippen LogP contribution in [0.15, 0.2) is 30.3 Å². The molecule has 0 spiro atoms. The summed E-state index contributed by atoms with van der Waals surface area (Å²) in [5, 5.41) is 0.421. The first-order valence-corrected chi connectivity index (χ1v) is 6.58. The van der Waals surface area contributed by atoms with E-state index in [0.29, 0.717) is 16.3 Å². The van der Waals surface area contributed by atoms with Crippen molar-refractivity contribution in [1.29, 1.82) is 0 Å². The van der Waals surface area contributed by atoms with Crippen LogP contribution in [-0.4, -0.2) is 20.0 Å². The van der Waals surface area contributed by atoms with Crippen molar-refractivity contribution in [3.05, 3.63) is 57.9 Å². The van der Waals surface area contributed by atoms with Gasteiger partial charge in [0.1, 0.15) is 5.82 Å². The molecule has 0 aromatic heterocycles. The highest BCUT2D eigenvalue weighted by molar-refractivity contribution is 6.31. The number of methoxy groups -OCH3 is 2. The Hall–Kier alpha value is -2.07. The third-order valence-electron chi connectivity index (χ3n) is 3.16. The lowest BCUT2D eigenvalue weighted by atomic mass is 9.98. The van der Waals surface area contributed by atoms with Crippen LogP contribution in [0.25, 0.3) is 0 Å². The van der Waals surface area contributed by atoms with Crippen molar-refractivity contribution < 1.29 is 18.7 Å². The lowest BCUT2D eigenvalue weighted by Crippen LogP contribution is -2.07. The van der Waals surface area contributed by atoms with E-state index in [2.05, 4.69) is 0 Å². The van der Waals surface area contributed by atoms with Crippen molar-refractivity contribution in [2.24, 2.45) is 0 Å². The zero-order valence-electron chi connectivity index (χ0n) is 11.9. The molecule has 2 rings (SSSR count). The highest BCUT2D eigenvalue weighted by Gasteiger charge is 2.20. The molecule has 3 nitrogen and oxygen atoms in total. The van der Waals surface area contributed by atoms with Crippen LogP contribution >= 0.6 is 11.6 Å². The third kappa shape index (κ3) is 3.00. The number of carbonyl (C=O) groups is 1. The summed E-state index contributed by atoms with van der Waals surface area (Å²) in [6.07, 6.45) is 0. The van der Waals surface area contributed by atoms with Gasteiger partial charge in [-0.1, -0.05) is 17.7 Å². The monoisotopic (exact) mass is 308 g/mol. The molecule has 110 valence electrons. The van der Waals surface area contributed by atoms with E-state index in [1.54, 1.807) is 19.1 Å². The number of ether oxygens (including phenoxy) is 2. The van der Waals surface area contributed by atoms with Gasteiger partial charge in [0, 0.05) is 16.7 Å². The molecule has 2 aromatic carbocycles. The van der Waals surface area contributed by atoms with Gasteiger partial charge in [-0.2, -0.15) is 0 Å². The van der Waals surface area contributed by atoms with Crippen molar-refractivity contribution in [2.75, 3.05) is 14.2 Å². The number of ketones is 1. The van der Waals surface area contributed by atoms with Gasteiger partial charge >= 0.3 is 0 Å². The van der Waals surface area contributed by atoms with Gasteiger partial charge in [0.25, 0.3) is 0 Å². The average Bonchev–Trinajstić information content (AvgIpc) is 2.48. The Morgan fingerprint density at radius 3 is 2.29 bits per heavy atom. The third-order valence-corrected chi connectivity index (χ3v) is 3.40. The first-order valence-electron chi connectivity index (χ1n) is 6.20. The Balaban J connectivity index is 2.55. The van der Waals surface area contributed by atoms with Gasteiger partial charge in [-0.15, -0.1) is 0 Å². The summed E-state index contributed by atoms with van der Waals surface area (Å²) in [5.41, 5.74) is 0.991. The second-order valence-corrected chi connectivity index (χ2v) is 4.91. The van der Waals surface area contributed by atoms with Crippen LogP contribution in [0.5, 0.6) is 11.5 Å². The molecule has 5 heteroatoms. The molecule has 0 bridgehead atoms. The molecule has 0 aliphatic carbocycles. The number of hydrogen-bond donors (Lipinski definition) is 0. The maximum Gasteiger partial charge on any atom is 0.196 e. The fourth-order valence-corrected chi connectivity index (χ4v) is 2.18.